The third-order valence-corrected chi connectivity index (χ3v) is 4.44. The molecule has 20 heavy (non-hydrogen) atoms. The lowest BCUT2D eigenvalue weighted by molar-refractivity contribution is -0.117. The van der Waals surface area contributed by atoms with Crippen LogP contribution in [0.3, 0.4) is 0 Å². The summed E-state index contributed by atoms with van der Waals surface area (Å²) in [6.45, 7) is 8.89. The SMILES string of the molecule is CCNc1nc(C2(OCC)CCOCC2)nc(C)c1Br. The Morgan fingerprint density at radius 3 is 2.60 bits per heavy atom. The van der Waals surface area contributed by atoms with Crippen LogP contribution in [0, 0.1) is 6.92 Å². The van der Waals surface area contributed by atoms with Crippen molar-refractivity contribution in [2.75, 3.05) is 31.7 Å². The smallest absolute Gasteiger partial charge is 0.163 e. The molecule has 1 N–H and O–H groups in total. The van der Waals surface area contributed by atoms with Gasteiger partial charge in [0, 0.05) is 39.2 Å². The Bertz CT molecular complexity index is 456. The summed E-state index contributed by atoms with van der Waals surface area (Å²) in [6, 6.07) is 0. The number of anilines is 1. The van der Waals surface area contributed by atoms with Crippen LogP contribution in [-0.4, -0.2) is 36.3 Å². The molecule has 112 valence electrons. The van der Waals surface area contributed by atoms with Crippen LogP contribution in [-0.2, 0) is 15.1 Å². The molecule has 0 unspecified atom stereocenters. The number of halogens is 1. The van der Waals surface area contributed by atoms with E-state index in [1.807, 2.05) is 13.8 Å². The molecule has 0 amide bonds. The Labute approximate surface area is 128 Å². The van der Waals surface area contributed by atoms with Gasteiger partial charge in [-0.25, -0.2) is 9.97 Å². The number of aryl methyl sites for hydroxylation is 1. The third-order valence-electron chi connectivity index (χ3n) is 3.49. The number of nitrogens with zero attached hydrogens (tertiary/aromatic N) is 2. The van der Waals surface area contributed by atoms with E-state index in [0.717, 1.165) is 41.2 Å². The fourth-order valence-corrected chi connectivity index (χ4v) is 2.78. The van der Waals surface area contributed by atoms with Crippen LogP contribution in [0.5, 0.6) is 0 Å². The summed E-state index contributed by atoms with van der Waals surface area (Å²) < 4.78 is 12.4. The molecule has 1 saturated heterocycles. The van der Waals surface area contributed by atoms with Gasteiger partial charge in [0.15, 0.2) is 5.82 Å². The Morgan fingerprint density at radius 1 is 1.30 bits per heavy atom. The second-order valence-corrected chi connectivity index (χ2v) is 5.66. The predicted molar refractivity (Wildman–Crippen MR) is 82.0 cm³/mol. The third kappa shape index (κ3) is 3.13. The van der Waals surface area contributed by atoms with E-state index in [1.54, 1.807) is 0 Å². The average molecular weight is 344 g/mol. The van der Waals surface area contributed by atoms with Gasteiger partial charge in [0.1, 0.15) is 11.4 Å². The Morgan fingerprint density at radius 2 is 2.00 bits per heavy atom. The fourth-order valence-electron chi connectivity index (χ4n) is 2.46. The lowest BCUT2D eigenvalue weighted by atomic mass is 9.92. The molecule has 0 atom stereocenters. The van der Waals surface area contributed by atoms with Crippen LogP contribution in [0.2, 0.25) is 0 Å². The Hall–Kier alpha value is -0.720. The molecule has 0 bridgehead atoms. The average Bonchev–Trinajstić information content (AvgIpc) is 2.45. The molecule has 6 heteroatoms. The van der Waals surface area contributed by atoms with Crippen molar-refractivity contribution in [2.45, 2.75) is 39.2 Å². The highest BCUT2D eigenvalue weighted by atomic mass is 79.9. The fraction of sp³-hybridized carbons (Fsp3) is 0.714. The van der Waals surface area contributed by atoms with Gasteiger partial charge in [0.2, 0.25) is 0 Å². The zero-order chi connectivity index (χ0) is 14.6. The molecule has 0 aliphatic carbocycles. The molecule has 1 aromatic heterocycles. The van der Waals surface area contributed by atoms with Crippen LogP contribution in [0.15, 0.2) is 4.47 Å². The molecule has 2 rings (SSSR count). The minimum absolute atomic E-state index is 0.414. The monoisotopic (exact) mass is 343 g/mol. The van der Waals surface area contributed by atoms with E-state index < -0.39 is 5.60 Å². The van der Waals surface area contributed by atoms with Crippen LogP contribution in [0.1, 0.15) is 38.2 Å². The zero-order valence-electron chi connectivity index (χ0n) is 12.3. The summed E-state index contributed by atoms with van der Waals surface area (Å²) in [6.07, 6.45) is 1.60. The summed E-state index contributed by atoms with van der Waals surface area (Å²) >= 11 is 3.54. The van der Waals surface area contributed by atoms with E-state index in [-0.39, 0.29) is 0 Å². The normalized spacial score (nSPS) is 18.0. The van der Waals surface area contributed by atoms with Crippen molar-refractivity contribution in [3.05, 3.63) is 16.0 Å². The van der Waals surface area contributed by atoms with E-state index in [2.05, 4.69) is 38.1 Å². The molecule has 1 aliphatic heterocycles. The summed E-state index contributed by atoms with van der Waals surface area (Å²) in [4.78, 5) is 9.34. The quantitative estimate of drug-likeness (QED) is 0.890. The highest BCUT2D eigenvalue weighted by Crippen LogP contribution is 2.36. The number of aromatic nitrogens is 2. The molecule has 2 heterocycles. The van der Waals surface area contributed by atoms with Crippen LogP contribution in [0.25, 0.3) is 0 Å². The molecular formula is C14H22BrN3O2. The van der Waals surface area contributed by atoms with Crippen molar-refractivity contribution in [1.29, 1.82) is 0 Å². The first-order chi connectivity index (χ1) is 9.63. The highest BCUT2D eigenvalue weighted by molar-refractivity contribution is 9.10. The van der Waals surface area contributed by atoms with E-state index in [9.17, 15) is 0 Å². The molecule has 1 fully saturated rings. The maximum absolute atomic E-state index is 6.04. The largest absolute Gasteiger partial charge is 0.381 e. The molecule has 5 nitrogen and oxygen atoms in total. The zero-order valence-corrected chi connectivity index (χ0v) is 13.9. The Balaban J connectivity index is 2.42. The minimum atomic E-state index is -0.414. The van der Waals surface area contributed by atoms with E-state index in [0.29, 0.717) is 19.8 Å². The van der Waals surface area contributed by atoms with Crippen molar-refractivity contribution in [3.8, 4) is 0 Å². The van der Waals surface area contributed by atoms with Gasteiger partial charge in [-0.05, 0) is 36.7 Å². The van der Waals surface area contributed by atoms with Crippen molar-refractivity contribution in [3.63, 3.8) is 0 Å². The topological polar surface area (TPSA) is 56.3 Å². The number of ether oxygens (including phenoxy) is 2. The molecule has 0 aromatic carbocycles. The second-order valence-electron chi connectivity index (χ2n) is 4.87. The molecule has 0 radical (unpaired) electrons. The van der Waals surface area contributed by atoms with Gasteiger partial charge in [0.05, 0.1) is 10.2 Å². The van der Waals surface area contributed by atoms with Gasteiger partial charge >= 0.3 is 0 Å². The number of hydrogen-bond donors (Lipinski definition) is 1. The number of nitrogens with one attached hydrogen (secondary N) is 1. The summed E-state index contributed by atoms with van der Waals surface area (Å²) in [5.41, 5.74) is 0.513. The van der Waals surface area contributed by atoms with Crippen molar-refractivity contribution in [1.82, 2.24) is 9.97 Å². The lowest BCUT2D eigenvalue weighted by Gasteiger charge is -2.35. The molecule has 0 spiro atoms. The van der Waals surface area contributed by atoms with E-state index >= 15 is 0 Å². The minimum Gasteiger partial charge on any atom is -0.381 e. The van der Waals surface area contributed by atoms with Crippen molar-refractivity contribution >= 4 is 21.7 Å². The lowest BCUT2D eigenvalue weighted by Crippen LogP contribution is -2.38. The van der Waals surface area contributed by atoms with Gasteiger partial charge in [-0.15, -0.1) is 0 Å². The van der Waals surface area contributed by atoms with Gasteiger partial charge in [-0.2, -0.15) is 0 Å². The first-order valence-electron chi connectivity index (χ1n) is 7.13. The summed E-state index contributed by atoms with van der Waals surface area (Å²) in [5.74, 6) is 1.60. The first kappa shape index (κ1) is 15.7. The van der Waals surface area contributed by atoms with Gasteiger partial charge in [0.25, 0.3) is 0 Å². The molecule has 0 saturated carbocycles. The highest BCUT2D eigenvalue weighted by Gasteiger charge is 2.38. The number of hydrogen-bond acceptors (Lipinski definition) is 5. The standard InChI is InChI=1S/C14H22BrN3O2/c1-4-16-12-11(15)10(3)17-13(18-12)14(20-5-2)6-8-19-9-7-14/h4-9H2,1-3H3,(H,16,17,18). The maximum Gasteiger partial charge on any atom is 0.163 e. The summed E-state index contributed by atoms with van der Waals surface area (Å²) in [5, 5.41) is 3.27. The predicted octanol–water partition coefficient (Wildman–Crippen LogP) is 3.02. The van der Waals surface area contributed by atoms with Gasteiger partial charge < -0.3 is 14.8 Å². The van der Waals surface area contributed by atoms with Gasteiger partial charge in [-0.1, -0.05) is 0 Å². The van der Waals surface area contributed by atoms with Crippen LogP contribution >= 0.6 is 15.9 Å². The first-order valence-corrected chi connectivity index (χ1v) is 7.92. The van der Waals surface area contributed by atoms with Crippen molar-refractivity contribution in [2.24, 2.45) is 0 Å². The van der Waals surface area contributed by atoms with Crippen molar-refractivity contribution < 1.29 is 9.47 Å². The second kappa shape index (κ2) is 6.83. The number of rotatable bonds is 5. The Kier molecular flexibility index (Phi) is 5.35. The van der Waals surface area contributed by atoms with E-state index in [1.165, 1.54) is 0 Å². The molecule has 1 aliphatic rings. The van der Waals surface area contributed by atoms with Gasteiger partial charge in [-0.3, -0.25) is 0 Å². The maximum atomic E-state index is 6.04. The van der Waals surface area contributed by atoms with Crippen LogP contribution < -0.4 is 5.32 Å². The van der Waals surface area contributed by atoms with Crippen LogP contribution in [0.4, 0.5) is 5.82 Å². The molecular weight excluding hydrogens is 322 g/mol. The molecule has 1 aromatic rings. The summed E-state index contributed by atoms with van der Waals surface area (Å²) in [7, 11) is 0. The van der Waals surface area contributed by atoms with E-state index in [4.69, 9.17) is 9.47 Å².